The van der Waals surface area contributed by atoms with Crippen LogP contribution in [-0.2, 0) is 4.74 Å². The molecule has 14 heavy (non-hydrogen) atoms. The van der Waals surface area contributed by atoms with E-state index >= 15 is 0 Å². The van der Waals surface area contributed by atoms with E-state index in [1.54, 1.807) is 0 Å². The molecule has 0 saturated carbocycles. The van der Waals surface area contributed by atoms with Crippen LogP contribution in [0.3, 0.4) is 0 Å². The molecule has 0 aromatic carbocycles. The Morgan fingerprint density at radius 2 is 2.07 bits per heavy atom. The van der Waals surface area contributed by atoms with Gasteiger partial charge in [-0.3, -0.25) is 0 Å². The van der Waals surface area contributed by atoms with Gasteiger partial charge < -0.3 is 9.84 Å². The lowest BCUT2D eigenvalue weighted by Crippen LogP contribution is -2.34. The van der Waals surface area contributed by atoms with Crippen molar-refractivity contribution < 1.29 is 9.84 Å². The fraction of sp³-hybridized carbons (Fsp3) is 0.833. The Morgan fingerprint density at radius 3 is 2.50 bits per heavy atom. The molecule has 0 fully saturated rings. The number of ether oxygens (including phenoxy) is 1. The maximum Gasteiger partial charge on any atom is 0.0828 e. The minimum atomic E-state index is -0.194. The zero-order chi connectivity index (χ0) is 11.0. The van der Waals surface area contributed by atoms with Gasteiger partial charge in [-0.05, 0) is 13.3 Å². The van der Waals surface area contributed by atoms with Gasteiger partial charge in [0, 0.05) is 12.0 Å². The van der Waals surface area contributed by atoms with Gasteiger partial charge in [0.2, 0.25) is 0 Å². The molecule has 0 radical (unpaired) electrons. The molecule has 0 aliphatic carbocycles. The van der Waals surface area contributed by atoms with Crippen molar-refractivity contribution in [2.75, 3.05) is 13.2 Å². The van der Waals surface area contributed by atoms with E-state index in [2.05, 4.69) is 6.92 Å². The van der Waals surface area contributed by atoms with Crippen LogP contribution in [0.25, 0.3) is 0 Å². The van der Waals surface area contributed by atoms with Crippen molar-refractivity contribution in [3.05, 3.63) is 12.2 Å². The van der Waals surface area contributed by atoms with E-state index < -0.39 is 0 Å². The maximum absolute atomic E-state index is 9.23. The smallest absolute Gasteiger partial charge is 0.0828 e. The molecule has 1 N–H and O–H groups in total. The van der Waals surface area contributed by atoms with E-state index in [4.69, 9.17) is 4.74 Å². The minimum Gasteiger partial charge on any atom is -0.396 e. The molecule has 0 aromatic rings. The molecule has 0 amide bonds. The van der Waals surface area contributed by atoms with Gasteiger partial charge in [-0.1, -0.05) is 39.3 Å². The Morgan fingerprint density at radius 1 is 1.43 bits per heavy atom. The SMILES string of the molecule is CC=C[C@H](OCCCC)C(C)(C)CO. The normalized spacial score (nSPS) is 14.9. The zero-order valence-corrected chi connectivity index (χ0v) is 9.92. The van der Waals surface area contributed by atoms with Crippen LogP contribution in [0.1, 0.15) is 40.5 Å². The van der Waals surface area contributed by atoms with Crippen LogP contribution >= 0.6 is 0 Å². The molecule has 84 valence electrons. The Bertz CT molecular complexity index is 162. The Hall–Kier alpha value is -0.340. The highest BCUT2D eigenvalue weighted by atomic mass is 16.5. The number of hydrogen-bond donors (Lipinski definition) is 1. The number of allylic oxidation sites excluding steroid dienone is 1. The lowest BCUT2D eigenvalue weighted by Gasteiger charge is -2.30. The summed E-state index contributed by atoms with van der Waals surface area (Å²) in [6.45, 7) is 9.07. The molecule has 0 rings (SSSR count). The summed E-state index contributed by atoms with van der Waals surface area (Å²) in [4.78, 5) is 0. The van der Waals surface area contributed by atoms with Gasteiger partial charge in [0.1, 0.15) is 0 Å². The van der Waals surface area contributed by atoms with Crippen LogP contribution < -0.4 is 0 Å². The molecule has 0 aromatic heterocycles. The summed E-state index contributed by atoms with van der Waals surface area (Å²) in [5.74, 6) is 0. The molecular weight excluding hydrogens is 176 g/mol. The van der Waals surface area contributed by atoms with Gasteiger partial charge in [-0.25, -0.2) is 0 Å². The maximum atomic E-state index is 9.23. The largest absolute Gasteiger partial charge is 0.396 e. The summed E-state index contributed by atoms with van der Waals surface area (Å²) in [5, 5.41) is 9.23. The van der Waals surface area contributed by atoms with Crippen LogP contribution in [0.2, 0.25) is 0 Å². The average Bonchev–Trinajstić information content (AvgIpc) is 2.17. The van der Waals surface area contributed by atoms with E-state index in [0.29, 0.717) is 0 Å². The summed E-state index contributed by atoms with van der Waals surface area (Å²) >= 11 is 0. The van der Waals surface area contributed by atoms with Gasteiger partial charge >= 0.3 is 0 Å². The highest BCUT2D eigenvalue weighted by Crippen LogP contribution is 2.23. The third-order valence-electron chi connectivity index (χ3n) is 2.34. The van der Waals surface area contributed by atoms with Crippen molar-refractivity contribution in [2.24, 2.45) is 5.41 Å². The van der Waals surface area contributed by atoms with E-state index in [0.717, 1.165) is 19.4 Å². The van der Waals surface area contributed by atoms with E-state index in [1.807, 2.05) is 32.9 Å². The second-order valence-corrected chi connectivity index (χ2v) is 4.32. The Balaban J connectivity index is 4.14. The van der Waals surface area contributed by atoms with Crippen LogP contribution in [0.5, 0.6) is 0 Å². The first-order chi connectivity index (χ1) is 6.58. The second kappa shape index (κ2) is 7.02. The first-order valence-corrected chi connectivity index (χ1v) is 5.43. The van der Waals surface area contributed by atoms with Gasteiger partial charge in [-0.2, -0.15) is 0 Å². The highest BCUT2D eigenvalue weighted by Gasteiger charge is 2.27. The average molecular weight is 200 g/mol. The van der Waals surface area contributed by atoms with E-state index in [-0.39, 0.29) is 18.1 Å². The quantitative estimate of drug-likeness (QED) is 0.506. The molecule has 0 aliphatic heterocycles. The fourth-order valence-electron chi connectivity index (χ4n) is 1.16. The Kier molecular flexibility index (Phi) is 6.85. The second-order valence-electron chi connectivity index (χ2n) is 4.32. The molecule has 0 heterocycles. The minimum absolute atomic E-state index is 0.0176. The molecular formula is C12H24O2. The van der Waals surface area contributed by atoms with Gasteiger partial charge in [0.05, 0.1) is 12.7 Å². The van der Waals surface area contributed by atoms with Gasteiger partial charge in [0.25, 0.3) is 0 Å². The van der Waals surface area contributed by atoms with Crippen molar-refractivity contribution in [3.63, 3.8) is 0 Å². The summed E-state index contributed by atoms with van der Waals surface area (Å²) in [6.07, 6.45) is 6.24. The van der Waals surface area contributed by atoms with E-state index in [1.165, 1.54) is 0 Å². The predicted octanol–water partition coefficient (Wildman–Crippen LogP) is 2.77. The fourth-order valence-corrected chi connectivity index (χ4v) is 1.16. The van der Waals surface area contributed by atoms with Crippen LogP contribution in [-0.4, -0.2) is 24.4 Å². The molecule has 0 spiro atoms. The summed E-state index contributed by atoms with van der Waals surface area (Å²) in [5.41, 5.74) is -0.194. The first kappa shape index (κ1) is 13.7. The standard InChI is InChI=1S/C12H24O2/c1-5-7-9-14-11(8-6-2)12(3,4)10-13/h6,8,11,13H,5,7,9-10H2,1-4H3/t11-/m0/s1. The number of aliphatic hydroxyl groups is 1. The lowest BCUT2D eigenvalue weighted by atomic mass is 9.87. The molecule has 0 unspecified atom stereocenters. The van der Waals surface area contributed by atoms with Crippen molar-refractivity contribution in [2.45, 2.75) is 46.6 Å². The summed E-state index contributed by atoms with van der Waals surface area (Å²) in [7, 11) is 0. The summed E-state index contributed by atoms with van der Waals surface area (Å²) in [6, 6.07) is 0. The predicted molar refractivity (Wildman–Crippen MR) is 60.3 cm³/mol. The molecule has 0 bridgehead atoms. The number of rotatable bonds is 7. The van der Waals surface area contributed by atoms with Crippen molar-refractivity contribution in [1.29, 1.82) is 0 Å². The first-order valence-electron chi connectivity index (χ1n) is 5.43. The monoisotopic (exact) mass is 200 g/mol. The number of unbranched alkanes of at least 4 members (excludes halogenated alkanes) is 1. The van der Waals surface area contributed by atoms with Crippen molar-refractivity contribution in [3.8, 4) is 0 Å². The third-order valence-corrected chi connectivity index (χ3v) is 2.34. The molecule has 2 heteroatoms. The molecule has 0 saturated heterocycles. The Labute approximate surface area is 88.0 Å². The number of aliphatic hydroxyl groups excluding tert-OH is 1. The van der Waals surface area contributed by atoms with Crippen molar-refractivity contribution in [1.82, 2.24) is 0 Å². The summed E-state index contributed by atoms with van der Waals surface area (Å²) < 4.78 is 5.73. The molecule has 2 nitrogen and oxygen atoms in total. The van der Waals surface area contributed by atoms with Crippen LogP contribution in [0.4, 0.5) is 0 Å². The van der Waals surface area contributed by atoms with Crippen molar-refractivity contribution >= 4 is 0 Å². The third kappa shape index (κ3) is 4.77. The molecule has 1 atom stereocenters. The highest BCUT2D eigenvalue weighted by molar-refractivity contribution is 4.95. The van der Waals surface area contributed by atoms with Crippen LogP contribution in [0, 0.1) is 5.41 Å². The molecule has 0 aliphatic rings. The van der Waals surface area contributed by atoms with Crippen LogP contribution in [0.15, 0.2) is 12.2 Å². The lowest BCUT2D eigenvalue weighted by molar-refractivity contribution is -0.0213. The van der Waals surface area contributed by atoms with E-state index in [9.17, 15) is 5.11 Å². The number of hydrogen-bond acceptors (Lipinski definition) is 2. The topological polar surface area (TPSA) is 29.5 Å². The zero-order valence-electron chi connectivity index (χ0n) is 9.92. The van der Waals surface area contributed by atoms with Gasteiger partial charge in [-0.15, -0.1) is 0 Å². The van der Waals surface area contributed by atoms with Gasteiger partial charge in [0.15, 0.2) is 0 Å².